The van der Waals surface area contributed by atoms with Crippen LogP contribution in [0.15, 0.2) is 46.2 Å². The van der Waals surface area contributed by atoms with Gasteiger partial charge in [-0.15, -0.1) is 0 Å². The molecule has 0 aliphatic heterocycles. The first-order valence-electron chi connectivity index (χ1n) is 9.51. The van der Waals surface area contributed by atoms with E-state index in [0.29, 0.717) is 24.3 Å². The summed E-state index contributed by atoms with van der Waals surface area (Å²) in [4.78, 5) is 19.1. The van der Waals surface area contributed by atoms with Crippen molar-refractivity contribution in [2.45, 2.75) is 32.7 Å². The predicted octanol–water partition coefficient (Wildman–Crippen LogP) is 5.46. The molecule has 0 aliphatic carbocycles. The predicted molar refractivity (Wildman–Crippen MR) is 114 cm³/mol. The Balaban J connectivity index is 2.29. The van der Waals surface area contributed by atoms with Gasteiger partial charge in [-0.25, -0.2) is 12.6 Å². The fourth-order valence-corrected chi connectivity index (χ4v) is 4.54. The Morgan fingerprint density at radius 2 is 1.57 bits per heavy atom. The normalized spacial score (nSPS) is 14.0. The van der Waals surface area contributed by atoms with Crippen molar-refractivity contribution in [1.82, 2.24) is 0 Å². The molecule has 2 aromatic rings. The molecule has 0 aromatic heterocycles. The molecule has 1 amide bonds. The average molecular weight is 655 g/mol. The lowest BCUT2D eigenvalue weighted by Crippen LogP contribution is -2.54. The highest BCUT2D eigenvalue weighted by Crippen LogP contribution is 2.49. The molecular weight excluding hydrogens is 646 g/mol. The number of carbonyl (C=O) groups excluding carboxylic acids is 1. The minimum atomic E-state index is -6.84. The van der Waals surface area contributed by atoms with E-state index in [9.17, 15) is 71.4 Å². The van der Waals surface area contributed by atoms with Gasteiger partial charge in [-0.3, -0.25) is 14.9 Å². The molecular formula is C18H9ClF10N2O7S2. The SMILES string of the molecule is O=C(COc1ccc(S(=O)C(F)(F)C(F)(F)C(F)(F)F)cc1[N+](=O)[O-])Nc1cc(S(=O)(=O)C(F)(F)F)ccc1Cl. The number of rotatable bonds is 9. The average Bonchev–Trinajstić information content (AvgIpc) is 2.81. The highest BCUT2D eigenvalue weighted by molar-refractivity contribution is 7.92. The lowest BCUT2D eigenvalue weighted by Gasteiger charge is -2.27. The number of nitrogens with zero attached hydrogens (tertiary/aromatic N) is 1. The number of anilines is 1. The van der Waals surface area contributed by atoms with Crippen LogP contribution in [0.2, 0.25) is 5.02 Å². The van der Waals surface area contributed by atoms with Crippen molar-refractivity contribution in [3.63, 3.8) is 0 Å². The van der Waals surface area contributed by atoms with Crippen LogP contribution < -0.4 is 10.1 Å². The van der Waals surface area contributed by atoms with Gasteiger partial charge in [0.25, 0.3) is 15.7 Å². The van der Waals surface area contributed by atoms with Crippen LogP contribution >= 0.6 is 11.6 Å². The minimum Gasteiger partial charge on any atom is -0.477 e. The van der Waals surface area contributed by atoms with E-state index in [1.165, 1.54) is 0 Å². The molecule has 0 saturated heterocycles. The molecule has 40 heavy (non-hydrogen) atoms. The molecule has 1 atom stereocenters. The summed E-state index contributed by atoms with van der Waals surface area (Å²) in [5.74, 6) is -9.11. The van der Waals surface area contributed by atoms with Crippen molar-refractivity contribution in [1.29, 1.82) is 0 Å². The van der Waals surface area contributed by atoms with Gasteiger partial charge in [0.2, 0.25) is 0 Å². The Labute approximate surface area is 222 Å². The molecule has 222 valence electrons. The molecule has 9 nitrogen and oxygen atoms in total. The van der Waals surface area contributed by atoms with Crippen LogP contribution in [-0.2, 0) is 25.4 Å². The van der Waals surface area contributed by atoms with Gasteiger partial charge in [-0.05, 0) is 30.3 Å². The van der Waals surface area contributed by atoms with E-state index in [2.05, 4.69) is 0 Å². The van der Waals surface area contributed by atoms with Crippen molar-refractivity contribution < 1.29 is 71.0 Å². The van der Waals surface area contributed by atoms with E-state index < -0.39 is 92.9 Å². The Kier molecular flexibility index (Phi) is 9.07. The summed E-state index contributed by atoms with van der Waals surface area (Å²) >= 11 is 5.70. The lowest BCUT2D eigenvalue weighted by atomic mass is 10.3. The number of nitro benzene ring substituents is 1. The number of hydrogen-bond acceptors (Lipinski definition) is 7. The van der Waals surface area contributed by atoms with E-state index >= 15 is 0 Å². The number of benzene rings is 2. The molecule has 0 heterocycles. The van der Waals surface area contributed by atoms with E-state index in [1.54, 1.807) is 0 Å². The Morgan fingerprint density at radius 3 is 2.08 bits per heavy atom. The highest BCUT2D eigenvalue weighted by Gasteiger charge is 2.76. The summed E-state index contributed by atoms with van der Waals surface area (Å²) < 4.78 is 169. The first-order valence-corrected chi connectivity index (χ1v) is 12.5. The minimum absolute atomic E-state index is 0.0773. The zero-order valence-corrected chi connectivity index (χ0v) is 20.8. The van der Waals surface area contributed by atoms with Crippen LogP contribution in [0.3, 0.4) is 0 Å². The van der Waals surface area contributed by atoms with Crippen molar-refractivity contribution in [3.05, 3.63) is 51.5 Å². The monoisotopic (exact) mass is 654 g/mol. The number of nitrogens with one attached hydrogen (secondary N) is 1. The first kappa shape index (κ1) is 33.0. The molecule has 0 saturated carbocycles. The molecule has 0 spiro atoms. The van der Waals surface area contributed by atoms with Gasteiger partial charge in [0.05, 0.1) is 25.4 Å². The van der Waals surface area contributed by atoms with Crippen LogP contribution in [0.1, 0.15) is 0 Å². The lowest BCUT2D eigenvalue weighted by molar-refractivity contribution is -0.386. The van der Waals surface area contributed by atoms with Gasteiger partial charge in [0.1, 0.15) is 10.8 Å². The molecule has 0 fully saturated rings. The van der Waals surface area contributed by atoms with Crippen molar-refractivity contribution >= 4 is 49.5 Å². The molecule has 1 N–H and O–H groups in total. The Bertz CT molecular complexity index is 1460. The highest BCUT2D eigenvalue weighted by atomic mass is 35.5. The number of alkyl halides is 10. The van der Waals surface area contributed by atoms with E-state index in [1.807, 2.05) is 5.32 Å². The maximum Gasteiger partial charge on any atom is 0.501 e. The molecule has 22 heteroatoms. The molecule has 0 aliphatic rings. The number of ether oxygens (including phenoxy) is 1. The van der Waals surface area contributed by atoms with Gasteiger partial charge in [-0.1, -0.05) is 11.6 Å². The van der Waals surface area contributed by atoms with E-state index in [4.69, 9.17) is 16.3 Å². The number of amides is 1. The second-order valence-corrected chi connectivity index (χ2v) is 11.0. The van der Waals surface area contributed by atoms with Gasteiger partial charge in [-0.2, -0.15) is 43.9 Å². The maximum absolute atomic E-state index is 13.7. The van der Waals surface area contributed by atoms with Gasteiger partial charge in [0.15, 0.2) is 12.4 Å². The third-order valence-electron chi connectivity index (χ3n) is 4.48. The molecule has 2 aromatic carbocycles. The molecule has 2 rings (SSSR count). The Hall–Kier alpha value is -3.20. The topological polar surface area (TPSA) is 133 Å². The molecule has 1 unspecified atom stereocenters. The zero-order valence-electron chi connectivity index (χ0n) is 18.5. The van der Waals surface area contributed by atoms with Gasteiger partial charge < -0.3 is 10.1 Å². The molecule has 0 radical (unpaired) electrons. The Morgan fingerprint density at radius 1 is 1.00 bits per heavy atom. The van der Waals surface area contributed by atoms with Crippen LogP contribution in [-0.4, -0.2) is 52.9 Å². The fourth-order valence-electron chi connectivity index (χ4n) is 2.54. The maximum atomic E-state index is 13.7. The summed E-state index contributed by atoms with van der Waals surface area (Å²) in [6.45, 7) is -1.25. The number of carbonyl (C=O) groups is 1. The largest absolute Gasteiger partial charge is 0.501 e. The third-order valence-corrected chi connectivity index (χ3v) is 7.70. The van der Waals surface area contributed by atoms with Crippen LogP contribution in [0.5, 0.6) is 5.75 Å². The summed E-state index contributed by atoms with van der Waals surface area (Å²) in [7, 11) is -10.4. The van der Waals surface area contributed by atoms with E-state index in [0.717, 1.165) is 0 Å². The van der Waals surface area contributed by atoms with Crippen LogP contribution in [0.4, 0.5) is 55.3 Å². The second-order valence-electron chi connectivity index (χ2n) is 7.17. The van der Waals surface area contributed by atoms with Crippen LogP contribution in [0.25, 0.3) is 0 Å². The summed E-state index contributed by atoms with van der Waals surface area (Å²) in [5, 5.41) is 6.34. The molecule has 0 bridgehead atoms. The van der Waals surface area contributed by atoms with Crippen LogP contribution in [0, 0.1) is 10.1 Å². The smallest absolute Gasteiger partial charge is 0.477 e. The number of hydrogen-bond donors (Lipinski definition) is 1. The van der Waals surface area contributed by atoms with Crippen molar-refractivity contribution in [3.8, 4) is 5.75 Å². The van der Waals surface area contributed by atoms with Gasteiger partial charge in [0, 0.05) is 6.07 Å². The number of halogens is 11. The standard InChI is InChI=1S/C18H9ClF10N2O7S2/c19-10-3-2-9(40(36,37)18(27,28)29)6-11(10)30-14(32)7-38-13-4-1-8(5-12(13)31(33)34)39(35)17(25,26)15(20,21)16(22,23)24/h1-6H,7H2,(H,30,32). The van der Waals surface area contributed by atoms with E-state index in [-0.39, 0.29) is 12.1 Å². The van der Waals surface area contributed by atoms with Crippen molar-refractivity contribution in [2.24, 2.45) is 0 Å². The zero-order chi connectivity index (χ0) is 31.1. The number of sulfone groups is 1. The van der Waals surface area contributed by atoms with Gasteiger partial charge >= 0.3 is 28.5 Å². The fraction of sp³-hybridized carbons (Fsp3) is 0.278. The van der Waals surface area contributed by atoms with Crippen molar-refractivity contribution in [2.75, 3.05) is 11.9 Å². The summed E-state index contributed by atoms with van der Waals surface area (Å²) in [6.07, 6.45) is -6.84. The summed E-state index contributed by atoms with van der Waals surface area (Å²) in [6, 6.07) is 1.94. The number of nitro groups is 1. The second kappa shape index (κ2) is 11.0. The summed E-state index contributed by atoms with van der Waals surface area (Å²) in [5.41, 5.74) is -7.82. The third kappa shape index (κ3) is 6.40. The first-order chi connectivity index (χ1) is 17.9. The quantitative estimate of drug-likeness (QED) is 0.216.